The minimum atomic E-state index is -0.349. The van der Waals surface area contributed by atoms with E-state index < -0.39 is 0 Å². The number of halogens is 1. The summed E-state index contributed by atoms with van der Waals surface area (Å²) in [4.78, 5) is 13.5. The summed E-state index contributed by atoms with van der Waals surface area (Å²) < 4.78 is 0.864. The van der Waals surface area contributed by atoms with E-state index in [1.165, 1.54) is 11.3 Å². The first kappa shape index (κ1) is 19.0. The number of urea groups is 1. The van der Waals surface area contributed by atoms with Crippen LogP contribution in [0.3, 0.4) is 0 Å². The Balaban J connectivity index is 1.78. The van der Waals surface area contributed by atoms with Crippen molar-refractivity contribution >= 4 is 51.5 Å². The Morgan fingerprint density at radius 3 is 2.58 bits per heavy atom. The fourth-order valence-electron chi connectivity index (χ4n) is 2.00. The first-order valence-corrected chi connectivity index (χ1v) is 9.92. The van der Waals surface area contributed by atoms with Gasteiger partial charge < -0.3 is 10.2 Å². The maximum absolute atomic E-state index is 11.9. The molecule has 0 saturated heterocycles. The van der Waals surface area contributed by atoms with Gasteiger partial charge in [-0.3, -0.25) is 5.32 Å². The van der Waals surface area contributed by atoms with Crippen LogP contribution in [-0.4, -0.2) is 41.6 Å². The lowest BCUT2D eigenvalue weighted by Gasteiger charge is -2.13. The van der Waals surface area contributed by atoms with E-state index in [9.17, 15) is 4.79 Å². The van der Waals surface area contributed by atoms with Gasteiger partial charge in [-0.1, -0.05) is 34.7 Å². The van der Waals surface area contributed by atoms with E-state index in [2.05, 4.69) is 34.7 Å². The highest BCUT2D eigenvalue weighted by Crippen LogP contribution is 2.25. The van der Waals surface area contributed by atoms with Crippen LogP contribution >= 0.6 is 34.7 Å². The van der Waals surface area contributed by atoms with Crippen LogP contribution in [0.25, 0.3) is 0 Å². The zero-order chi connectivity index (χ0) is 17.4. The van der Waals surface area contributed by atoms with E-state index in [0.717, 1.165) is 29.7 Å². The van der Waals surface area contributed by atoms with Gasteiger partial charge in [0.15, 0.2) is 4.34 Å². The highest BCUT2D eigenvalue weighted by molar-refractivity contribution is 8.01. The van der Waals surface area contributed by atoms with Crippen molar-refractivity contribution in [3.05, 3.63) is 29.3 Å². The molecule has 0 saturated carbocycles. The average Bonchev–Trinajstić information content (AvgIpc) is 3.01. The Morgan fingerprint density at radius 1 is 1.21 bits per heavy atom. The van der Waals surface area contributed by atoms with E-state index in [-0.39, 0.29) is 6.03 Å². The van der Waals surface area contributed by atoms with Crippen LogP contribution in [0.15, 0.2) is 28.6 Å². The van der Waals surface area contributed by atoms with E-state index in [1.807, 2.05) is 0 Å². The molecule has 3 N–H and O–H groups in total. The van der Waals surface area contributed by atoms with Gasteiger partial charge in [0.2, 0.25) is 5.13 Å². The zero-order valence-corrected chi connectivity index (χ0v) is 16.0. The lowest BCUT2D eigenvalue weighted by molar-refractivity contribution is -0.893. The van der Waals surface area contributed by atoms with Crippen LogP contribution in [0, 0.1) is 0 Å². The van der Waals surface area contributed by atoms with Gasteiger partial charge in [0, 0.05) is 16.5 Å². The number of benzene rings is 1. The Bertz CT molecular complexity index is 646. The van der Waals surface area contributed by atoms with Crippen molar-refractivity contribution in [2.24, 2.45) is 0 Å². The predicted molar refractivity (Wildman–Crippen MR) is 102 cm³/mol. The van der Waals surface area contributed by atoms with E-state index in [1.54, 1.807) is 40.9 Å². The van der Waals surface area contributed by atoms with Crippen LogP contribution in [0.4, 0.5) is 15.6 Å². The highest BCUT2D eigenvalue weighted by atomic mass is 35.5. The fourth-order valence-corrected chi connectivity index (χ4v) is 3.98. The second kappa shape index (κ2) is 9.83. The van der Waals surface area contributed by atoms with Crippen molar-refractivity contribution in [1.82, 2.24) is 10.2 Å². The van der Waals surface area contributed by atoms with E-state index in [0.29, 0.717) is 15.8 Å². The maximum Gasteiger partial charge on any atom is 0.325 e. The first-order valence-electron chi connectivity index (χ1n) is 7.74. The van der Waals surface area contributed by atoms with E-state index in [4.69, 9.17) is 11.6 Å². The number of rotatable bonds is 8. The van der Waals surface area contributed by atoms with Crippen LogP contribution in [0.1, 0.15) is 13.8 Å². The van der Waals surface area contributed by atoms with Crippen LogP contribution in [0.2, 0.25) is 5.02 Å². The van der Waals surface area contributed by atoms with Gasteiger partial charge in [0.05, 0.1) is 19.6 Å². The van der Waals surface area contributed by atoms with Crippen LogP contribution in [0.5, 0.6) is 0 Å². The van der Waals surface area contributed by atoms with Crippen molar-refractivity contribution in [3.8, 4) is 0 Å². The molecule has 0 unspecified atom stereocenters. The number of aromatic nitrogens is 2. The molecule has 0 spiro atoms. The van der Waals surface area contributed by atoms with Gasteiger partial charge >= 0.3 is 6.03 Å². The summed E-state index contributed by atoms with van der Waals surface area (Å²) >= 11 is 8.86. The molecule has 0 aliphatic carbocycles. The van der Waals surface area contributed by atoms with Gasteiger partial charge in [0.25, 0.3) is 0 Å². The SMILES string of the molecule is CC[NH+](CC)CCSc1nnc(NC(=O)Nc2ccc(Cl)cc2)s1. The number of carbonyl (C=O) groups excluding carboxylic acids is 1. The fraction of sp³-hybridized carbons (Fsp3) is 0.400. The first-order chi connectivity index (χ1) is 11.6. The summed E-state index contributed by atoms with van der Waals surface area (Å²) in [6.07, 6.45) is 0. The molecule has 0 bridgehead atoms. The van der Waals surface area contributed by atoms with Crippen LogP contribution in [-0.2, 0) is 0 Å². The molecular formula is C15H21ClN5OS2+. The largest absolute Gasteiger partial charge is 0.335 e. The minimum Gasteiger partial charge on any atom is -0.335 e. The molecule has 1 aromatic heterocycles. The number of hydrogen-bond donors (Lipinski definition) is 3. The van der Waals surface area contributed by atoms with Gasteiger partial charge in [0.1, 0.15) is 0 Å². The Morgan fingerprint density at radius 2 is 1.92 bits per heavy atom. The molecule has 0 fully saturated rings. The summed E-state index contributed by atoms with van der Waals surface area (Å²) in [5.41, 5.74) is 0.665. The minimum absolute atomic E-state index is 0.349. The molecule has 1 heterocycles. The van der Waals surface area contributed by atoms with Crippen LogP contribution < -0.4 is 15.5 Å². The lowest BCUT2D eigenvalue weighted by atomic mass is 10.3. The molecule has 1 aromatic carbocycles. The standard InChI is InChI=1S/C15H20ClN5OS2/c1-3-21(4-2)9-10-23-15-20-19-14(24-15)18-13(22)17-12-7-5-11(16)6-8-12/h5-8H,3-4,9-10H2,1-2H3,(H2,17,18,19,22)/p+1. The molecule has 2 amide bonds. The summed E-state index contributed by atoms with van der Waals surface area (Å²) in [6.45, 7) is 7.73. The molecule has 0 aliphatic heterocycles. The lowest BCUT2D eigenvalue weighted by Crippen LogP contribution is -3.11. The second-order valence-corrected chi connectivity index (χ2v) is 7.77. The number of thioether (sulfide) groups is 1. The van der Waals surface area contributed by atoms with Crippen molar-refractivity contribution in [2.45, 2.75) is 18.2 Å². The van der Waals surface area contributed by atoms with Gasteiger partial charge in [-0.25, -0.2) is 4.79 Å². The number of nitrogens with one attached hydrogen (secondary N) is 3. The van der Waals surface area contributed by atoms with Crippen molar-refractivity contribution in [1.29, 1.82) is 0 Å². The summed E-state index contributed by atoms with van der Waals surface area (Å²) in [5.74, 6) is 0.989. The molecular weight excluding hydrogens is 366 g/mol. The molecule has 9 heteroatoms. The second-order valence-electron chi connectivity index (χ2n) is 5.01. The number of quaternary nitrogens is 1. The average molecular weight is 387 g/mol. The number of nitrogens with zero attached hydrogens (tertiary/aromatic N) is 2. The smallest absolute Gasteiger partial charge is 0.325 e. The molecule has 0 aliphatic rings. The molecule has 2 rings (SSSR count). The van der Waals surface area contributed by atoms with Gasteiger partial charge in [-0.15, -0.1) is 10.2 Å². The molecule has 0 radical (unpaired) electrons. The Kier molecular flexibility index (Phi) is 7.77. The van der Waals surface area contributed by atoms with Gasteiger partial charge in [-0.2, -0.15) is 0 Å². The van der Waals surface area contributed by atoms with Crippen molar-refractivity contribution in [2.75, 3.05) is 36.0 Å². The van der Waals surface area contributed by atoms with Crippen molar-refractivity contribution < 1.29 is 9.69 Å². The number of amides is 2. The van der Waals surface area contributed by atoms with E-state index >= 15 is 0 Å². The third-order valence-corrected chi connectivity index (χ3v) is 5.64. The topological polar surface area (TPSA) is 71.3 Å². The zero-order valence-electron chi connectivity index (χ0n) is 13.6. The number of hydrogen-bond acceptors (Lipinski definition) is 5. The number of anilines is 2. The number of carbonyl (C=O) groups is 1. The third-order valence-electron chi connectivity index (χ3n) is 3.41. The summed E-state index contributed by atoms with van der Waals surface area (Å²) in [6, 6.07) is 6.55. The maximum atomic E-state index is 11.9. The Hall–Kier alpha value is -1.35. The normalized spacial score (nSPS) is 10.8. The summed E-state index contributed by atoms with van der Waals surface area (Å²) in [7, 11) is 0. The molecule has 0 atom stereocenters. The summed E-state index contributed by atoms with van der Waals surface area (Å²) in [5, 5.41) is 14.6. The quantitative estimate of drug-likeness (QED) is 0.482. The predicted octanol–water partition coefficient (Wildman–Crippen LogP) is 2.85. The van der Waals surface area contributed by atoms with Gasteiger partial charge in [-0.05, 0) is 38.1 Å². The molecule has 6 nitrogen and oxygen atoms in total. The monoisotopic (exact) mass is 386 g/mol. The third kappa shape index (κ3) is 6.27. The Labute approximate surface area is 155 Å². The van der Waals surface area contributed by atoms with Crippen molar-refractivity contribution in [3.63, 3.8) is 0 Å². The molecule has 2 aromatic rings. The molecule has 24 heavy (non-hydrogen) atoms. The molecule has 130 valence electrons. The highest BCUT2D eigenvalue weighted by Gasteiger charge is 2.10.